The van der Waals surface area contributed by atoms with E-state index in [0.717, 1.165) is 41.7 Å². The van der Waals surface area contributed by atoms with Crippen LogP contribution in [0.15, 0.2) is 22.7 Å². The number of hydrogen-bond donors (Lipinski definition) is 2. The summed E-state index contributed by atoms with van der Waals surface area (Å²) in [5.74, 6) is -0.00904. The van der Waals surface area contributed by atoms with E-state index < -0.39 is 0 Å². The number of ether oxygens (including phenoxy) is 1. The lowest BCUT2D eigenvalue weighted by molar-refractivity contribution is -0.117. The van der Waals surface area contributed by atoms with Crippen LogP contribution in [0.1, 0.15) is 24.8 Å². The predicted molar refractivity (Wildman–Crippen MR) is 84.0 cm³/mol. The Labute approximate surface area is 128 Å². The second-order valence-corrected chi connectivity index (χ2v) is 5.85. The molecule has 0 atom stereocenters. The Hall–Kier alpha value is -0.910. The van der Waals surface area contributed by atoms with Crippen molar-refractivity contribution in [2.45, 2.75) is 32.3 Å². The highest BCUT2D eigenvalue weighted by Crippen LogP contribution is 2.25. The Morgan fingerprint density at radius 2 is 2.20 bits per heavy atom. The molecule has 20 heavy (non-hydrogen) atoms. The van der Waals surface area contributed by atoms with Gasteiger partial charge in [-0.3, -0.25) is 4.79 Å². The first-order valence-electron chi connectivity index (χ1n) is 7.04. The fourth-order valence-corrected chi connectivity index (χ4v) is 2.60. The van der Waals surface area contributed by atoms with Crippen molar-refractivity contribution in [1.29, 1.82) is 0 Å². The number of carbonyl (C=O) groups excluding carboxylic acids is 1. The molecular weight excluding hydrogens is 320 g/mol. The van der Waals surface area contributed by atoms with Gasteiger partial charge in [-0.1, -0.05) is 12.1 Å². The fourth-order valence-electron chi connectivity index (χ4n) is 2.24. The van der Waals surface area contributed by atoms with E-state index in [2.05, 4.69) is 26.6 Å². The Morgan fingerprint density at radius 1 is 1.45 bits per heavy atom. The number of piperidine rings is 1. The molecule has 1 aromatic rings. The summed E-state index contributed by atoms with van der Waals surface area (Å²) in [5.41, 5.74) is 1.92. The molecule has 1 amide bonds. The van der Waals surface area contributed by atoms with Crippen molar-refractivity contribution in [2.75, 3.05) is 25.0 Å². The van der Waals surface area contributed by atoms with Gasteiger partial charge in [0.1, 0.15) is 0 Å². The predicted octanol–water partition coefficient (Wildman–Crippen LogP) is 2.85. The average Bonchev–Trinajstić information content (AvgIpc) is 2.45. The molecule has 1 aliphatic heterocycles. The minimum Gasteiger partial charge on any atom is -0.378 e. The number of aryl methyl sites for hydroxylation is 1. The molecule has 1 saturated heterocycles. The molecule has 1 aliphatic rings. The summed E-state index contributed by atoms with van der Waals surface area (Å²) in [5, 5.41) is 6.20. The summed E-state index contributed by atoms with van der Waals surface area (Å²) < 4.78 is 6.67. The monoisotopic (exact) mass is 340 g/mol. The van der Waals surface area contributed by atoms with E-state index in [4.69, 9.17) is 4.74 Å². The van der Waals surface area contributed by atoms with Crippen molar-refractivity contribution in [3.8, 4) is 0 Å². The lowest BCUT2D eigenvalue weighted by atomic mass is 10.1. The zero-order valence-electron chi connectivity index (χ0n) is 11.7. The summed E-state index contributed by atoms with van der Waals surface area (Å²) in [6.07, 6.45) is 2.76. The Bertz CT molecular complexity index is 459. The number of halogens is 1. The third-order valence-electron chi connectivity index (χ3n) is 3.43. The fraction of sp³-hybridized carbons (Fsp3) is 0.533. The molecule has 0 bridgehead atoms. The van der Waals surface area contributed by atoms with Crippen molar-refractivity contribution in [1.82, 2.24) is 5.32 Å². The molecular formula is C15H21BrN2O2. The van der Waals surface area contributed by atoms with Crippen molar-refractivity contribution >= 4 is 27.5 Å². The van der Waals surface area contributed by atoms with E-state index in [1.807, 2.05) is 25.1 Å². The smallest absolute Gasteiger partial charge is 0.226 e. The largest absolute Gasteiger partial charge is 0.378 e. The summed E-state index contributed by atoms with van der Waals surface area (Å²) in [6, 6.07) is 5.82. The maximum atomic E-state index is 11.9. The van der Waals surface area contributed by atoms with Gasteiger partial charge in [0.2, 0.25) is 5.91 Å². The van der Waals surface area contributed by atoms with E-state index in [-0.39, 0.29) is 5.91 Å². The van der Waals surface area contributed by atoms with Gasteiger partial charge in [-0.05, 0) is 60.4 Å². The highest BCUT2D eigenvalue weighted by Gasteiger charge is 2.14. The Morgan fingerprint density at radius 3 is 2.95 bits per heavy atom. The molecule has 2 rings (SSSR count). The van der Waals surface area contributed by atoms with Crippen molar-refractivity contribution in [2.24, 2.45) is 0 Å². The van der Waals surface area contributed by atoms with Crippen LogP contribution in [0.4, 0.5) is 5.69 Å². The summed E-state index contributed by atoms with van der Waals surface area (Å²) in [7, 11) is 0. The van der Waals surface area contributed by atoms with E-state index >= 15 is 0 Å². The first-order valence-corrected chi connectivity index (χ1v) is 7.83. The SMILES string of the molecule is Cc1cccc(NC(=O)CCOC2CCNCC2)c1Br. The van der Waals surface area contributed by atoms with Crippen LogP contribution < -0.4 is 10.6 Å². The minimum atomic E-state index is -0.00904. The zero-order valence-corrected chi connectivity index (χ0v) is 13.3. The highest BCUT2D eigenvalue weighted by molar-refractivity contribution is 9.10. The van der Waals surface area contributed by atoms with Gasteiger partial charge in [-0.2, -0.15) is 0 Å². The Kier molecular flexibility index (Phi) is 6.01. The summed E-state index contributed by atoms with van der Waals surface area (Å²) in [6.45, 7) is 4.50. The first-order chi connectivity index (χ1) is 9.66. The van der Waals surface area contributed by atoms with Crippen LogP contribution in [0, 0.1) is 6.92 Å². The first kappa shape index (κ1) is 15.5. The number of benzene rings is 1. The molecule has 1 heterocycles. The molecule has 110 valence electrons. The topological polar surface area (TPSA) is 50.4 Å². The van der Waals surface area contributed by atoms with Crippen molar-refractivity contribution in [3.05, 3.63) is 28.2 Å². The van der Waals surface area contributed by atoms with E-state index in [1.165, 1.54) is 0 Å². The van der Waals surface area contributed by atoms with E-state index in [9.17, 15) is 4.79 Å². The van der Waals surface area contributed by atoms with Gasteiger partial charge >= 0.3 is 0 Å². The van der Waals surface area contributed by atoms with E-state index in [0.29, 0.717) is 19.1 Å². The van der Waals surface area contributed by atoms with Gasteiger partial charge in [0.15, 0.2) is 0 Å². The molecule has 1 fully saturated rings. The van der Waals surface area contributed by atoms with Gasteiger partial charge < -0.3 is 15.4 Å². The molecule has 4 nitrogen and oxygen atoms in total. The van der Waals surface area contributed by atoms with Gasteiger partial charge in [0.25, 0.3) is 0 Å². The maximum absolute atomic E-state index is 11.9. The normalized spacial score (nSPS) is 16.1. The molecule has 1 aromatic carbocycles. The van der Waals surface area contributed by atoms with Gasteiger partial charge in [0, 0.05) is 4.47 Å². The summed E-state index contributed by atoms with van der Waals surface area (Å²) in [4.78, 5) is 11.9. The molecule has 2 N–H and O–H groups in total. The molecule has 0 radical (unpaired) electrons. The second kappa shape index (κ2) is 7.76. The lowest BCUT2D eigenvalue weighted by Gasteiger charge is -2.22. The summed E-state index contributed by atoms with van der Waals surface area (Å²) >= 11 is 3.49. The number of anilines is 1. The van der Waals surface area contributed by atoms with Crippen molar-refractivity contribution < 1.29 is 9.53 Å². The second-order valence-electron chi connectivity index (χ2n) is 5.05. The van der Waals surface area contributed by atoms with Gasteiger partial charge in [-0.25, -0.2) is 0 Å². The number of carbonyl (C=O) groups is 1. The number of rotatable bonds is 5. The molecule has 0 aromatic heterocycles. The maximum Gasteiger partial charge on any atom is 0.226 e. The van der Waals surface area contributed by atoms with E-state index in [1.54, 1.807) is 0 Å². The molecule has 5 heteroatoms. The number of hydrogen-bond acceptors (Lipinski definition) is 3. The zero-order chi connectivity index (χ0) is 14.4. The van der Waals surface area contributed by atoms with Crippen LogP contribution in [0.2, 0.25) is 0 Å². The quantitative estimate of drug-likeness (QED) is 0.866. The van der Waals surface area contributed by atoms with Crippen LogP contribution >= 0.6 is 15.9 Å². The average molecular weight is 341 g/mol. The van der Waals surface area contributed by atoms with Crippen LogP contribution in [0.25, 0.3) is 0 Å². The highest BCUT2D eigenvalue weighted by atomic mass is 79.9. The third kappa shape index (κ3) is 4.58. The standard InChI is InChI=1S/C15H21BrN2O2/c1-11-3-2-4-13(15(11)16)18-14(19)7-10-20-12-5-8-17-9-6-12/h2-4,12,17H,5-10H2,1H3,(H,18,19). The van der Waals surface area contributed by atoms with Crippen LogP contribution in [-0.4, -0.2) is 31.7 Å². The molecule has 0 spiro atoms. The van der Waals surface area contributed by atoms with Crippen LogP contribution in [0.3, 0.4) is 0 Å². The lowest BCUT2D eigenvalue weighted by Crippen LogP contribution is -2.33. The minimum absolute atomic E-state index is 0.00904. The third-order valence-corrected chi connectivity index (χ3v) is 4.49. The van der Waals surface area contributed by atoms with Gasteiger partial charge in [0.05, 0.1) is 24.8 Å². The van der Waals surface area contributed by atoms with Gasteiger partial charge in [-0.15, -0.1) is 0 Å². The number of amides is 1. The molecule has 0 unspecified atom stereocenters. The molecule has 0 saturated carbocycles. The molecule has 0 aliphatic carbocycles. The van der Waals surface area contributed by atoms with Crippen LogP contribution in [0.5, 0.6) is 0 Å². The Balaban J connectivity index is 1.73. The number of nitrogens with one attached hydrogen (secondary N) is 2. The van der Waals surface area contributed by atoms with Crippen LogP contribution in [-0.2, 0) is 9.53 Å². The van der Waals surface area contributed by atoms with Crippen molar-refractivity contribution in [3.63, 3.8) is 0 Å².